The molecule has 0 aliphatic rings. The number of nitrogens with one attached hydrogen (secondary N) is 2. The molecule has 1 rings (SSSR count). The van der Waals surface area contributed by atoms with Gasteiger partial charge in [0, 0.05) is 13.2 Å². The second-order valence-electron chi connectivity index (χ2n) is 8.43. The average molecular weight is 470 g/mol. The number of carbonyl (C=O) groups is 2. The van der Waals surface area contributed by atoms with Crippen molar-refractivity contribution in [2.24, 2.45) is 23.7 Å². The zero-order chi connectivity index (χ0) is 24.3. The summed E-state index contributed by atoms with van der Waals surface area (Å²) in [6.45, 7) is 5.05. The van der Waals surface area contributed by atoms with Crippen molar-refractivity contribution in [3.63, 3.8) is 0 Å². The van der Waals surface area contributed by atoms with E-state index in [0.29, 0.717) is 6.42 Å². The summed E-state index contributed by atoms with van der Waals surface area (Å²) in [6, 6.07) is 9.41. The topological polar surface area (TPSA) is 136 Å². The summed E-state index contributed by atoms with van der Waals surface area (Å²) in [6.07, 6.45) is 4.98. The van der Waals surface area contributed by atoms with E-state index >= 15 is 0 Å². The monoisotopic (exact) mass is 469 g/mol. The number of allylic oxidation sites excluding steroid dienone is 1. The fraction of sp³-hybridized carbons (Fsp3) is 0.545. The molecule has 1 aromatic carbocycles. The van der Waals surface area contributed by atoms with E-state index in [1.807, 2.05) is 50.3 Å². The molecule has 0 radical (unpaired) electrons. The molecule has 0 aliphatic heterocycles. The number of hydrogen-bond acceptors (Lipinski definition) is 6. The van der Waals surface area contributed by atoms with Crippen LogP contribution in [0.2, 0.25) is 0 Å². The maximum atomic E-state index is 13.1. The molecule has 3 atom stereocenters. The summed E-state index contributed by atoms with van der Waals surface area (Å²) in [5, 5.41) is 18.5. The van der Waals surface area contributed by atoms with Crippen molar-refractivity contribution in [2.75, 3.05) is 19.4 Å². The Morgan fingerprint density at radius 2 is 1.72 bits per heavy atom. The van der Waals surface area contributed by atoms with Crippen LogP contribution in [0.5, 0.6) is 0 Å². The molecule has 2 amide bonds. The van der Waals surface area contributed by atoms with Crippen LogP contribution in [0.25, 0.3) is 6.08 Å². The van der Waals surface area contributed by atoms with Crippen LogP contribution in [0, 0.1) is 23.7 Å². The number of carbonyl (C=O) groups excluding carboxylic acids is 2. The number of aliphatic hydroxyl groups is 1. The second-order valence-corrected chi connectivity index (χ2v) is 10.3. The van der Waals surface area contributed by atoms with Gasteiger partial charge in [0.25, 0.3) is 0 Å². The van der Waals surface area contributed by atoms with Gasteiger partial charge in [0.2, 0.25) is 21.8 Å². The molecule has 0 heterocycles. The second kappa shape index (κ2) is 13.3. The predicted molar refractivity (Wildman–Crippen MR) is 122 cm³/mol. The fourth-order valence-electron chi connectivity index (χ4n) is 3.22. The molecule has 1 aromatic rings. The van der Waals surface area contributed by atoms with E-state index in [4.69, 9.17) is 0 Å². The lowest BCUT2D eigenvalue weighted by atomic mass is 9.82. The number of rotatable bonds is 13. The number of amides is 2. The van der Waals surface area contributed by atoms with Crippen LogP contribution in [0.4, 0.5) is 0 Å². The van der Waals surface area contributed by atoms with Crippen molar-refractivity contribution >= 4 is 27.9 Å². The predicted octanol–water partition coefficient (Wildman–Crippen LogP) is 1.79. The van der Waals surface area contributed by atoms with Crippen molar-refractivity contribution in [1.29, 1.82) is 0 Å². The third-order valence-corrected chi connectivity index (χ3v) is 5.96. The quantitative estimate of drug-likeness (QED) is 0.257. The first-order chi connectivity index (χ1) is 15.0. The van der Waals surface area contributed by atoms with Crippen molar-refractivity contribution < 1.29 is 28.3 Å². The average Bonchev–Trinajstić information content (AvgIpc) is 2.74. The summed E-state index contributed by atoms with van der Waals surface area (Å²) < 4.78 is 25.1. The highest BCUT2D eigenvalue weighted by atomic mass is 32.2. The van der Waals surface area contributed by atoms with E-state index in [-0.39, 0.29) is 25.5 Å². The molecule has 0 spiro atoms. The van der Waals surface area contributed by atoms with Gasteiger partial charge in [0.1, 0.15) is 0 Å². The molecule has 0 saturated carbocycles. The fourth-order valence-corrected chi connectivity index (χ4v) is 4.01. The van der Waals surface area contributed by atoms with Crippen molar-refractivity contribution in [1.82, 2.24) is 15.3 Å². The first-order valence-electron chi connectivity index (χ1n) is 10.5. The summed E-state index contributed by atoms with van der Waals surface area (Å²) in [5.74, 6) is -3.55. The van der Waals surface area contributed by atoms with Gasteiger partial charge in [-0.1, -0.05) is 63.3 Å². The molecular weight excluding hydrogens is 434 g/mol. The van der Waals surface area contributed by atoms with Crippen LogP contribution in [0.15, 0.2) is 36.4 Å². The number of benzene rings is 1. The van der Waals surface area contributed by atoms with E-state index < -0.39 is 39.6 Å². The molecule has 9 nitrogen and oxygen atoms in total. The molecule has 10 heteroatoms. The zero-order valence-corrected chi connectivity index (χ0v) is 19.9. The lowest BCUT2D eigenvalue weighted by Crippen LogP contribution is -2.52. The Bertz CT molecular complexity index is 858. The van der Waals surface area contributed by atoms with Gasteiger partial charge in [-0.2, -0.15) is 0 Å². The van der Waals surface area contributed by atoms with E-state index in [1.54, 1.807) is 18.5 Å². The van der Waals surface area contributed by atoms with Gasteiger partial charge in [-0.25, -0.2) is 13.9 Å². The van der Waals surface area contributed by atoms with Crippen molar-refractivity contribution in [2.45, 2.75) is 33.6 Å². The van der Waals surface area contributed by atoms with E-state index in [2.05, 4.69) is 5.43 Å². The van der Waals surface area contributed by atoms with Crippen LogP contribution < -0.4 is 10.9 Å². The Balaban J connectivity index is 3.15. The minimum absolute atomic E-state index is 0.0286. The Hall–Kier alpha value is -2.27. The Morgan fingerprint density at radius 3 is 2.22 bits per heavy atom. The number of nitrogens with zero attached hydrogens (tertiary/aromatic N) is 1. The molecule has 180 valence electrons. The normalized spacial score (nSPS) is 15.0. The first-order valence-corrected chi connectivity index (χ1v) is 12.4. The largest absolute Gasteiger partial charge is 0.396 e. The molecule has 4 N–H and O–H groups in total. The van der Waals surface area contributed by atoms with Crippen molar-refractivity contribution in [3.8, 4) is 0 Å². The summed E-state index contributed by atoms with van der Waals surface area (Å²) in [4.78, 5) is 25.6. The standard InChI is InChI=1S/C22H35N3O6S/c1-16(2)13-20(21(27)23-25(32(4,30)31)14-17(3)15-26)19(22(28)24-29)12-8-11-18-9-6-5-7-10-18/h5-11,16-17,19-20,26,29H,12-15H2,1-4H3,(H,23,27)(H,24,28)/t17-,19+,20-/m1/s1. The molecule has 32 heavy (non-hydrogen) atoms. The number of hydrogen-bond donors (Lipinski definition) is 4. The van der Waals surface area contributed by atoms with E-state index in [1.165, 1.54) is 0 Å². The lowest BCUT2D eigenvalue weighted by Gasteiger charge is -2.29. The van der Waals surface area contributed by atoms with Crippen LogP contribution in [0.1, 0.15) is 39.2 Å². The number of hydroxylamine groups is 1. The Kier molecular flexibility index (Phi) is 11.6. The van der Waals surface area contributed by atoms with Crippen molar-refractivity contribution in [3.05, 3.63) is 42.0 Å². The molecular formula is C22H35N3O6S. The van der Waals surface area contributed by atoms with Crippen LogP contribution in [-0.2, 0) is 19.6 Å². The third-order valence-electron chi connectivity index (χ3n) is 4.92. The SMILES string of the molecule is CC(C)C[C@@H](C(=O)NN(C[C@@H](C)CO)S(C)(=O)=O)[C@H](CC=Cc1ccccc1)C(=O)NO. The van der Waals surface area contributed by atoms with Crippen LogP contribution in [0.3, 0.4) is 0 Å². The maximum absolute atomic E-state index is 13.1. The third kappa shape index (κ3) is 9.47. The van der Waals surface area contributed by atoms with E-state index in [0.717, 1.165) is 16.2 Å². The van der Waals surface area contributed by atoms with Gasteiger partial charge >= 0.3 is 0 Å². The number of aliphatic hydroxyl groups excluding tert-OH is 1. The van der Waals surface area contributed by atoms with Gasteiger partial charge in [0.15, 0.2) is 0 Å². The summed E-state index contributed by atoms with van der Waals surface area (Å²) in [7, 11) is -3.81. The highest BCUT2D eigenvalue weighted by Crippen LogP contribution is 2.26. The summed E-state index contributed by atoms with van der Waals surface area (Å²) in [5.41, 5.74) is 4.95. The minimum Gasteiger partial charge on any atom is -0.396 e. The number of hydrazine groups is 1. The lowest BCUT2D eigenvalue weighted by molar-refractivity contribution is -0.142. The van der Waals surface area contributed by atoms with Gasteiger partial charge in [-0.3, -0.25) is 20.2 Å². The molecule has 0 unspecified atom stereocenters. The number of sulfonamides is 1. The van der Waals surface area contributed by atoms with Gasteiger partial charge in [-0.05, 0) is 30.2 Å². The first kappa shape index (κ1) is 27.8. The Morgan fingerprint density at radius 1 is 1.09 bits per heavy atom. The smallest absolute Gasteiger partial charge is 0.247 e. The van der Waals surface area contributed by atoms with E-state index in [9.17, 15) is 28.3 Å². The van der Waals surface area contributed by atoms with Gasteiger partial charge < -0.3 is 5.11 Å². The molecule has 0 aromatic heterocycles. The van der Waals surface area contributed by atoms with Crippen LogP contribution in [-0.4, -0.2) is 54.4 Å². The highest BCUT2D eigenvalue weighted by molar-refractivity contribution is 7.88. The minimum atomic E-state index is -3.81. The summed E-state index contributed by atoms with van der Waals surface area (Å²) >= 11 is 0. The van der Waals surface area contributed by atoms with Crippen LogP contribution >= 0.6 is 0 Å². The molecule has 0 fully saturated rings. The molecule has 0 saturated heterocycles. The highest BCUT2D eigenvalue weighted by Gasteiger charge is 2.35. The zero-order valence-electron chi connectivity index (χ0n) is 19.1. The Labute approximate surface area is 190 Å². The van der Waals surface area contributed by atoms with Gasteiger partial charge in [0.05, 0.1) is 18.1 Å². The molecule has 0 aliphatic carbocycles. The molecule has 0 bridgehead atoms. The van der Waals surface area contributed by atoms with Gasteiger partial charge in [-0.15, -0.1) is 4.41 Å². The maximum Gasteiger partial charge on any atom is 0.247 e.